The average Bonchev–Trinajstić information content (AvgIpc) is 2.90. The van der Waals surface area contributed by atoms with E-state index in [0.717, 1.165) is 30.7 Å². The average molecular weight is 238 g/mol. The maximum Gasteiger partial charge on any atom is 0.130 e. The molecule has 0 bridgehead atoms. The summed E-state index contributed by atoms with van der Waals surface area (Å²) in [6, 6.07) is 3.52. The van der Waals surface area contributed by atoms with Crippen LogP contribution in [0.25, 0.3) is 0 Å². The fourth-order valence-corrected chi connectivity index (χ4v) is 3.27. The maximum absolute atomic E-state index is 13.7. The van der Waals surface area contributed by atoms with Gasteiger partial charge in [0.1, 0.15) is 11.6 Å². The van der Waals surface area contributed by atoms with Crippen molar-refractivity contribution in [2.24, 2.45) is 23.6 Å². The molecule has 0 amide bonds. The molecule has 17 heavy (non-hydrogen) atoms. The Hall–Kier alpha value is -1.00. The zero-order valence-corrected chi connectivity index (χ0v) is 9.50. The quantitative estimate of drug-likeness (QED) is 0.627. The molecular formula is C13H16F2N2. The van der Waals surface area contributed by atoms with Crippen LogP contribution in [-0.4, -0.2) is 0 Å². The zero-order valence-electron chi connectivity index (χ0n) is 9.50. The number of hydrogen-bond acceptors (Lipinski definition) is 2. The van der Waals surface area contributed by atoms with Gasteiger partial charge in [-0.25, -0.2) is 8.78 Å². The van der Waals surface area contributed by atoms with Crippen LogP contribution in [0.2, 0.25) is 0 Å². The number of nitrogens with one attached hydrogen (secondary N) is 1. The topological polar surface area (TPSA) is 38.0 Å². The number of benzene rings is 1. The number of nitrogens with two attached hydrogens (primary N) is 1. The van der Waals surface area contributed by atoms with Gasteiger partial charge >= 0.3 is 0 Å². The first-order chi connectivity index (χ1) is 8.19. The summed E-state index contributed by atoms with van der Waals surface area (Å²) >= 11 is 0. The number of rotatable bonds is 3. The summed E-state index contributed by atoms with van der Waals surface area (Å²) in [5.74, 6) is 6.51. The highest BCUT2D eigenvalue weighted by Gasteiger charge is 2.48. The summed E-state index contributed by atoms with van der Waals surface area (Å²) in [5.41, 5.74) is 3.19. The molecule has 4 heteroatoms. The highest BCUT2D eigenvalue weighted by Crippen LogP contribution is 2.57. The van der Waals surface area contributed by atoms with E-state index in [1.165, 1.54) is 18.6 Å². The summed E-state index contributed by atoms with van der Waals surface area (Å²) in [4.78, 5) is 0. The molecule has 0 aromatic heterocycles. The lowest BCUT2D eigenvalue weighted by atomic mass is 9.89. The smallest absolute Gasteiger partial charge is 0.130 e. The van der Waals surface area contributed by atoms with E-state index in [0.29, 0.717) is 11.5 Å². The molecule has 0 radical (unpaired) electrons. The molecule has 1 aromatic carbocycles. The molecule has 0 heterocycles. The molecule has 2 saturated carbocycles. The molecule has 3 N–H and O–H groups in total. The molecule has 2 nitrogen and oxygen atoms in total. The van der Waals surface area contributed by atoms with E-state index in [1.807, 2.05) is 0 Å². The van der Waals surface area contributed by atoms with Gasteiger partial charge in [0.15, 0.2) is 0 Å². The molecule has 3 unspecified atom stereocenters. The summed E-state index contributed by atoms with van der Waals surface area (Å²) in [6.07, 6.45) is 3.53. The van der Waals surface area contributed by atoms with Gasteiger partial charge in [-0.1, -0.05) is 6.07 Å². The minimum atomic E-state index is -0.545. The van der Waals surface area contributed by atoms with Crippen LogP contribution in [-0.2, 0) is 0 Å². The minimum absolute atomic E-state index is 0.191. The lowest BCUT2D eigenvalue weighted by Crippen LogP contribution is -2.33. The second kappa shape index (κ2) is 4.03. The van der Waals surface area contributed by atoms with Gasteiger partial charge in [0.2, 0.25) is 0 Å². The predicted molar refractivity (Wildman–Crippen MR) is 60.7 cm³/mol. The fraction of sp³-hybridized carbons (Fsp3) is 0.538. The van der Waals surface area contributed by atoms with Gasteiger partial charge in [-0.2, -0.15) is 0 Å². The molecule has 2 aliphatic carbocycles. The third kappa shape index (κ3) is 1.96. The van der Waals surface area contributed by atoms with Crippen molar-refractivity contribution in [2.45, 2.75) is 25.3 Å². The van der Waals surface area contributed by atoms with Gasteiger partial charge in [0.25, 0.3) is 0 Å². The van der Waals surface area contributed by atoms with E-state index < -0.39 is 11.6 Å². The zero-order chi connectivity index (χ0) is 12.0. The molecule has 2 fully saturated rings. The second-order valence-corrected chi connectivity index (χ2v) is 5.30. The lowest BCUT2D eigenvalue weighted by molar-refractivity contribution is 0.336. The molecule has 0 saturated heterocycles. The summed E-state index contributed by atoms with van der Waals surface area (Å²) < 4.78 is 26.6. The summed E-state index contributed by atoms with van der Waals surface area (Å²) in [6.45, 7) is 0. The van der Waals surface area contributed by atoms with Crippen molar-refractivity contribution in [2.75, 3.05) is 0 Å². The van der Waals surface area contributed by atoms with Crippen LogP contribution >= 0.6 is 0 Å². The monoisotopic (exact) mass is 238 g/mol. The lowest BCUT2D eigenvalue weighted by Gasteiger charge is -2.24. The SMILES string of the molecule is NNC(c1ccc(F)cc1F)C1CC2CC2C1. The second-order valence-electron chi connectivity index (χ2n) is 5.30. The number of fused-ring (bicyclic) bond motifs is 1. The first-order valence-corrected chi connectivity index (χ1v) is 6.10. The van der Waals surface area contributed by atoms with Crippen LogP contribution in [0.1, 0.15) is 30.9 Å². The van der Waals surface area contributed by atoms with Gasteiger partial charge in [-0.05, 0) is 43.1 Å². The highest BCUT2D eigenvalue weighted by atomic mass is 19.1. The Bertz CT molecular complexity index is 425. The van der Waals surface area contributed by atoms with E-state index in [-0.39, 0.29) is 6.04 Å². The largest absolute Gasteiger partial charge is 0.271 e. The third-order valence-corrected chi connectivity index (χ3v) is 4.23. The van der Waals surface area contributed by atoms with Crippen molar-refractivity contribution in [3.05, 3.63) is 35.4 Å². The number of hydrazine groups is 1. The van der Waals surface area contributed by atoms with Crippen molar-refractivity contribution >= 4 is 0 Å². The Kier molecular flexibility index (Phi) is 2.64. The predicted octanol–water partition coefficient (Wildman–Crippen LogP) is 2.52. The van der Waals surface area contributed by atoms with Crippen LogP contribution in [0.5, 0.6) is 0 Å². The Morgan fingerprint density at radius 3 is 2.47 bits per heavy atom. The minimum Gasteiger partial charge on any atom is -0.271 e. The van der Waals surface area contributed by atoms with Crippen molar-refractivity contribution in [1.82, 2.24) is 5.43 Å². The van der Waals surface area contributed by atoms with E-state index in [1.54, 1.807) is 0 Å². The van der Waals surface area contributed by atoms with Crippen LogP contribution in [0, 0.1) is 29.4 Å². The van der Waals surface area contributed by atoms with Gasteiger partial charge in [-0.3, -0.25) is 11.3 Å². The molecule has 3 rings (SSSR count). The third-order valence-electron chi connectivity index (χ3n) is 4.23. The van der Waals surface area contributed by atoms with Crippen LogP contribution in [0.3, 0.4) is 0 Å². The number of halogens is 2. The Morgan fingerprint density at radius 2 is 1.88 bits per heavy atom. The van der Waals surface area contributed by atoms with Crippen molar-refractivity contribution in [3.8, 4) is 0 Å². The Morgan fingerprint density at radius 1 is 1.18 bits per heavy atom. The van der Waals surface area contributed by atoms with E-state index >= 15 is 0 Å². The van der Waals surface area contributed by atoms with Crippen molar-refractivity contribution < 1.29 is 8.78 Å². The van der Waals surface area contributed by atoms with E-state index in [9.17, 15) is 8.78 Å². The molecule has 92 valence electrons. The van der Waals surface area contributed by atoms with Crippen LogP contribution in [0.4, 0.5) is 8.78 Å². The van der Waals surface area contributed by atoms with Gasteiger partial charge in [0, 0.05) is 11.6 Å². The van der Waals surface area contributed by atoms with Crippen molar-refractivity contribution in [1.29, 1.82) is 0 Å². The molecule has 3 atom stereocenters. The first kappa shape index (κ1) is 11.1. The summed E-state index contributed by atoms with van der Waals surface area (Å²) in [5, 5.41) is 0. The Labute approximate surface area is 99.2 Å². The fourth-order valence-electron chi connectivity index (χ4n) is 3.27. The molecule has 0 spiro atoms. The molecule has 2 aliphatic rings. The maximum atomic E-state index is 13.7. The highest BCUT2D eigenvalue weighted by molar-refractivity contribution is 5.23. The normalized spacial score (nSPS) is 32.3. The van der Waals surface area contributed by atoms with Gasteiger partial charge in [0.05, 0.1) is 6.04 Å². The molecular weight excluding hydrogens is 222 g/mol. The number of hydrogen-bond donors (Lipinski definition) is 2. The van der Waals surface area contributed by atoms with Gasteiger partial charge in [-0.15, -0.1) is 0 Å². The summed E-state index contributed by atoms with van der Waals surface area (Å²) in [7, 11) is 0. The Balaban J connectivity index is 1.84. The van der Waals surface area contributed by atoms with E-state index in [2.05, 4.69) is 5.43 Å². The van der Waals surface area contributed by atoms with Crippen molar-refractivity contribution in [3.63, 3.8) is 0 Å². The first-order valence-electron chi connectivity index (χ1n) is 6.10. The molecule has 1 aromatic rings. The van der Waals surface area contributed by atoms with Gasteiger partial charge < -0.3 is 0 Å². The van der Waals surface area contributed by atoms with E-state index in [4.69, 9.17) is 5.84 Å². The van der Waals surface area contributed by atoms with Crippen LogP contribution in [0.15, 0.2) is 18.2 Å². The van der Waals surface area contributed by atoms with Crippen LogP contribution < -0.4 is 11.3 Å². The molecule has 0 aliphatic heterocycles. The standard InChI is InChI=1S/C13H16F2N2/c14-10-1-2-11(12(15)6-10)13(17-16)9-4-7-3-8(7)5-9/h1-2,6-9,13,17H,3-5,16H2.